The van der Waals surface area contributed by atoms with Gasteiger partial charge in [-0.1, -0.05) is 29.4 Å². The van der Waals surface area contributed by atoms with E-state index in [4.69, 9.17) is 17.3 Å². The maximum Gasteiger partial charge on any atom is 0.259 e. The Morgan fingerprint density at radius 3 is 2.92 bits per heavy atom. The fraction of sp³-hybridized carbons (Fsp3) is 0.235. The van der Waals surface area contributed by atoms with Gasteiger partial charge in [0.15, 0.2) is 5.17 Å². The summed E-state index contributed by atoms with van der Waals surface area (Å²) in [7, 11) is 0. The highest BCUT2D eigenvalue weighted by molar-refractivity contribution is 8.13. The molecule has 3 rings (SSSR count). The number of carbonyl (C=O) groups is 1. The molecule has 0 saturated carbocycles. The minimum absolute atomic E-state index is 0.0764. The van der Waals surface area contributed by atoms with Crippen LogP contribution in [0.3, 0.4) is 0 Å². The molecule has 130 valence electrons. The van der Waals surface area contributed by atoms with Crippen molar-refractivity contribution < 1.29 is 9.18 Å². The third-order valence-electron chi connectivity index (χ3n) is 3.99. The number of thioether (sulfide) groups is 1. The lowest BCUT2D eigenvalue weighted by molar-refractivity contribution is 0.102. The second-order valence-electron chi connectivity index (χ2n) is 5.83. The molecule has 25 heavy (non-hydrogen) atoms. The van der Waals surface area contributed by atoms with Crippen molar-refractivity contribution in [2.75, 3.05) is 11.1 Å². The number of pyridine rings is 1. The Labute approximate surface area is 153 Å². The van der Waals surface area contributed by atoms with E-state index in [9.17, 15) is 9.18 Å². The van der Waals surface area contributed by atoms with Crippen molar-refractivity contribution in [3.05, 3.63) is 58.5 Å². The first-order valence-electron chi connectivity index (χ1n) is 7.58. The molecule has 0 spiro atoms. The summed E-state index contributed by atoms with van der Waals surface area (Å²) in [6.45, 7) is 1.92. The van der Waals surface area contributed by atoms with Crippen molar-refractivity contribution >= 4 is 40.3 Å². The summed E-state index contributed by atoms with van der Waals surface area (Å²) in [5, 5.41) is 3.47. The highest BCUT2D eigenvalue weighted by Gasteiger charge is 2.30. The first-order chi connectivity index (χ1) is 11.9. The van der Waals surface area contributed by atoms with Crippen LogP contribution in [0.4, 0.5) is 10.2 Å². The fourth-order valence-electron chi connectivity index (χ4n) is 2.59. The molecule has 1 aromatic heterocycles. The van der Waals surface area contributed by atoms with Crippen LogP contribution < -0.4 is 11.1 Å². The van der Waals surface area contributed by atoms with Crippen LogP contribution in [0.5, 0.6) is 0 Å². The molecule has 8 heteroatoms. The largest absolute Gasteiger partial charge is 0.379 e. The third kappa shape index (κ3) is 3.93. The van der Waals surface area contributed by atoms with Gasteiger partial charge in [-0.3, -0.25) is 9.79 Å². The molecule has 2 heterocycles. The number of halogens is 2. The van der Waals surface area contributed by atoms with E-state index in [1.54, 1.807) is 12.1 Å². The molecule has 1 aliphatic heterocycles. The molecule has 1 atom stereocenters. The summed E-state index contributed by atoms with van der Waals surface area (Å²) >= 11 is 7.36. The molecule has 5 nitrogen and oxygen atoms in total. The molecule has 1 amide bonds. The zero-order valence-electron chi connectivity index (χ0n) is 13.4. The molecule has 0 aliphatic carbocycles. The van der Waals surface area contributed by atoms with Gasteiger partial charge in [0.1, 0.15) is 11.6 Å². The van der Waals surface area contributed by atoms with Crippen molar-refractivity contribution in [3.63, 3.8) is 0 Å². The lowest BCUT2D eigenvalue weighted by Crippen LogP contribution is -2.29. The third-order valence-corrected chi connectivity index (χ3v) is 5.02. The quantitative estimate of drug-likeness (QED) is 0.851. The SMILES string of the molecule is CC1(c2ccc(F)c(C(=O)Nc3cc(Cl)ccn3)c2)CCSC(N)=N1. The fourth-order valence-corrected chi connectivity index (χ4v) is 3.72. The number of nitrogens with one attached hydrogen (secondary N) is 1. The minimum Gasteiger partial charge on any atom is -0.379 e. The minimum atomic E-state index is -0.617. The summed E-state index contributed by atoms with van der Waals surface area (Å²) in [6, 6.07) is 7.50. The molecule has 0 radical (unpaired) electrons. The van der Waals surface area contributed by atoms with Gasteiger partial charge in [-0.05, 0) is 43.2 Å². The van der Waals surface area contributed by atoms with Crippen LogP contribution in [0, 0.1) is 5.82 Å². The number of aromatic nitrogens is 1. The van der Waals surface area contributed by atoms with Crippen LogP contribution in [0.2, 0.25) is 5.02 Å². The van der Waals surface area contributed by atoms with E-state index in [1.165, 1.54) is 36.2 Å². The van der Waals surface area contributed by atoms with Gasteiger partial charge < -0.3 is 11.1 Å². The second-order valence-corrected chi connectivity index (χ2v) is 7.38. The maximum atomic E-state index is 14.2. The van der Waals surface area contributed by atoms with Gasteiger partial charge in [0.25, 0.3) is 5.91 Å². The molecule has 2 aromatic rings. The molecule has 0 fully saturated rings. The Bertz CT molecular complexity index is 860. The molecular formula is C17H16ClFN4OS. The molecule has 1 unspecified atom stereocenters. The number of nitrogens with zero attached hydrogens (tertiary/aromatic N) is 2. The number of carbonyl (C=O) groups excluding carboxylic acids is 1. The standard InChI is InChI=1S/C17H16ClFN4OS/c1-17(5-7-25-16(20)23-17)10-2-3-13(19)12(8-10)15(24)22-14-9-11(18)4-6-21-14/h2-4,6,8-9H,5,7H2,1H3,(H2,20,23)(H,21,22,24). The van der Waals surface area contributed by atoms with Crippen molar-refractivity contribution in [2.24, 2.45) is 10.7 Å². The van der Waals surface area contributed by atoms with Gasteiger partial charge in [0, 0.05) is 17.0 Å². The smallest absolute Gasteiger partial charge is 0.259 e. The average molecular weight is 379 g/mol. The predicted octanol–water partition coefficient (Wildman–Crippen LogP) is 3.79. The number of hydrogen-bond donors (Lipinski definition) is 2. The summed E-state index contributed by atoms with van der Waals surface area (Å²) in [5.41, 5.74) is 5.91. The number of rotatable bonds is 3. The van der Waals surface area contributed by atoms with Crippen LogP contribution in [-0.2, 0) is 5.54 Å². The van der Waals surface area contributed by atoms with Gasteiger partial charge in [-0.15, -0.1) is 0 Å². The summed E-state index contributed by atoms with van der Waals surface area (Å²) in [6.07, 6.45) is 2.21. The monoisotopic (exact) mass is 378 g/mol. The number of nitrogens with two attached hydrogens (primary N) is 1. The van der Waals surface area contributed by atoms with E-state index in [-0.39, 0.29) is 11.4 Å². The van der Waals surface area contributed by atoms with Crippen LogP contribution >= 0.6 is 23.4 Å². The van der Waals surface area contributed by atoms with Crippen molar-refractivity contribution in [2.45, 2.75) is 18.9 Å². The Kier molecular flexibility index (Phi) is 4.96. The number of anilines is 1. The van der Waals surface area contributed by atoms with E-state index < -0.39 is 17.3 Å². The number of amidine groups is 1. The van der Waals surface area contributed by atoms with Crippen LogP contribution in [-0.4, -0.2) is 21.8 Å². The molecule has 0 bridgehead atoms. The molecule has 3 N–H and O–H groups in total. The van der Waals surface area contributed by atoms with Gasteiger partial charge >= 0.3 is 0 Å². The molecule has 1 aliphatic rings. The number of benzene rings is 1. The summed E-state index contributed by atoms with van der Waals surface area (Å²) in [5.74, 6) is -0.143. The summed E-state index contributed by atoms with van der Waals surface area (Å²) in [4.78, 5) is 20.9. The first-order valence-corrected chi connectivity index (χ1v) is 8.95. The summed E-state index contributed by atoms with van der Waals surface area (Å²) < 4.78 is 14.2. The Balaban J connectivity index is 1.91. The van der Waals surface area contributed by atoms with Crippen LogP contribution in [0.25, 0.3) is 0 Å². The highest BCUT2D eigenvalue weighted by Crippen LogP contribution is 2.35. The number of hydrogen-bond acceptors (Lipinski definition) is 5. The maximum absolute atomic E-state index is 14.2. The van der Waals surface area contributed by atoms with E-state index in [1.807, 2.05) is 6.92 Å². The van der Waals surface area contributed by atoms with Gasteiger partial charge in [0.2, 0.25) is 0 Å². The van der Waals surface area contributed by atoms with Crippen molar-refractivity contribution in [1.29, 1.82) is 0 Å². The molecule has 1 aromatic carbocycles. The van der Waals surface area contributed by atoms with E-state index in [2.05, 4.69) is 15.3 Å². The van der Waals surface area contributed by atoms with Gasteiger partial charge in [0.05, 0.1) is 11.1 Å². The van der Waals surface area contributed by atoms with Crippen molar-refractivity contribution in [1.82, 2.24) is 4.98 Å². The lowest BCUT2D eigenvalue weighted by Gasteiger charge is -2.30. The zero-order valence-corrected chi connectivity index (χ0v) is 15.0. The molecule has 0 saturated heterocycles. The first kappa shape index (κ1) is 17.7. The van der Waals surface area contributed by atoms with E-state index in [0.717, 1.165) is 17.7 Å². The Hall–Kier alpha value is -2.12. The normalized spacial score (nSPS) is 20.0. The predicted molar refractivity (Wildman–Crippen MR) is 99.6 cm³/mol. The van der Waals surface area contributed by atoms with E-state index in [0.29, 0.717) is 10.2 Å². The van der Waals surface area contributed by atoms with Crippen molar-refractivity contribution in [3.8, 4) is 0 Å². The number of aliphatic imine (C=N–C) groups is 1. The number of amides is 1. The molecular weight excluding hydrogens is 363 g/mol. The topological polar surface area (TPSA) is 80.4 Å². The second kappa shape index (κ2) is 7.01. The van der Waals surface area contributed by atoms with Crippen LogP contribution in [0.1, 0.15) is 29.3 Å². The average Bonchev–Trinajstić information content (AvgIpc) is 2.54. The zero-order chi connectivity index (χ0) is 18.0. The van der Waals surface area contributed by atoms with Gasteiger partial charge in [-0.2, -0.15) is 0 Å². The Morgan fingerprint density at radius 1 is 1.40 bits per heavy atom. The van der Waals surface area contributed by atoms with Gasteiger partial charge in [-0.25, -0.2) is 9.37 Å². The Morgan fingerprint density at radius 2 is 2.20 bits per heavy atom. The highest BCUT2D eigenvalue weighted by atomic mass is 35.5. The van der Waals surface area contributed by atoms with Crippen LogP contribution in [0.15, 0.2) is 41.5 Å². The van der Waals surface area contributed by atoms with E-state index >= 15 is 0 Å². The lowest BCUT2D eigenvalue weighted by atomic mass is 9.88.